The maximum absolute atomic E-state index is 11.6. The van der Waals surface area contributed by atoms with Crippen LogP contribution in [0.2, 0.25) is 0 Å². The minimum absolute atomic E-state index is 0.0349. The van der Waals surface area contributed by atoms with Crippen molar-refractivity contribution in [2.45, 2.75) is 38.8 Å². The van der Waals surface area contributed by atoms with Crippen LogP contribution in [0.4, 0.5) is 4.79 Å². The monoisotopic (exact) mass is 252 g/mol. The number of carbonyl (C=O) groups excluding carboxylic acids is 1. The zero-order valence-corrected chi connectivity index (χ0v) is 11.5. The second-order valence-corrected chi connectivity index (χ2v) is 6.00. The molecule has 3 fully saturated rings. The van der Waals surface area contributed by atoms with E-state index < -0.39 is 0 Å². The Kier molecular flexibility index (Phi) is 4.27. The van der Waals surface area contributed by atoms with E-state index >= 15 is 0 Å². The van der Waals surface area contributed by atoms with Gasteiger partial charge in [-0.25, -0.2) is 4.79 Å². The van der Waals surface area contributed by atoms with Crippen LogP contribution in [0.1, 0.15) is 26.7 Å². The molecule has 0 spiro atoms. The molecule has 2 amide bonds. The molecule has 4 heteroatoms. The fraction of sp³-hybridized carbons (Fsp3) is 0.786. The van der Waals surface area contributed by atoms with Crippen LogP contribution < -0.4 is 15.5 Å². The molecule has 4 nitrogen and oxygen atoms in total. The Hall–Kier alpha value is -1.03. The van der Waals surface area contributed by atoms with Gasteiger partial charge in [0.2, 0.25) is 0 Å². The number of nitrogens with one attached hydrogen (secondary N) is 3. The van der Waals surface area contributed by atoms with Gasteiger partial charge in [-0.05, 0) is 19.8 Å². The number of carbonyl (C=O) groups is 1. The topological polar surface area (TPSA) is 45.6 Å². The lowest BCUT2D eigenvalue weighted by Crippen LogP contribution is -3.20. The van der Waals surface area contributed by atoms with Gasteiger partial charge in [-0.3, -0.25) is 0 Å². The molecule has 4 atom stereocenters. The summed E-state index contributed by atoms with van der Waals surface area (Å²) < 4.78 is 0. The molecule has 3 aliphatic heterocycles. The van der Waals surface area contributed by atoms with Crippen molar-refractivity contribution in [2.24, 2.45) is 11.8 Å². The van der Waals surface area contributed by atoms with Gasteiger partial charge in [0.15, 0.2) is 0 Å². The van der Waals surface area contributed by atoms with Gasteiger partial charge in [0.05, 0.1) is 19.6 Å². The zero-order valence-electron chi connectivity index (χ0n) is 11.5. The van der Waals surface area contributed by atoms with Gasteiger partial charge in [-0.1, -0.05) is 6.08 Å². The Morgan fingerprint density at radius 1 is 1.56 bits per heavy atom. The highest BCUT2D eigenvalue weighted by Gasteiger charge is 2.42. The predicted molar refractivity (Wildman–Crippen MR) is 72.6 cm³/mol. The molecule has 0 aromatic carbocycles. The van der Waals surface area contributed by atoms with Crippen LogP contribution in [-0.4, -0.2) is 37.7 Å². The highest BCUT2D eigenvalue weighted by molar-refractivity contribution is 5.74. The van der Waals surface area contributed by atoms with Gasteiger partial charge < -0.3 is 15.5 Å². The fourth-order valence-electron chi connectivity index (χ4n) is 3.38. The number of amides is 2. The third-order valence-corrected chi connectivity index (χ3v) is 4.34. The van der Waals surface area contributed by atoms with Crippen LogP contribution in [0, 0.1) is 11.8 Å². The molecule has 3 N–H and O–H groups in total. The molecule has 3 rings (SSSR count). The fourth-order valence-corrected chi connectivity index (χ4v) is 3.38. The number of piperidine rings is 3. The second-order valence-electron chi connectivity index (χ2n) is 6.00. The van der Waals surface area contributed by atoms with E-state index in [0.717, 1.165) is 12.5 Å². The van der Waals surface area contributed by atoms with Crippen LogP contribution in [-0.2, 0) is 0 Å². The van der Waals surface area contributed by atoms with Crippen LogP contribution >= 0.6 is 0 Å². The number of fused-ring (bicyclic) bond motifs is 3. The zero-order chi connectivity index (χ0) is 13.1. The van der Waals surface area contributed by atoms with Crippen molar-refractivity contribution < 1.29 is 9.69 Å². The quantitative estimate of drug-likeness (QED) is 0.614. The minimum Gasteiger partial charge on any atom is -0.336 e. The highest BCUT2D eigenvalue weighted by Crippen LogP contribution is 2.27. The van der Waals surface area contributed by atoms with E-state index in [1.54, 1.807) is 4.90 Å². The molecule has 2 bridgehead atoms. The van der Waals surface area contributed by atoms with E-state index in [9.17, 15) is 4.79 Å². The van der Waals surface area contributed by atoms with E-state index in [1.807, 2.05) is 13.8 Å². The first-order valence-electron chi connectivity index (χ1n) is 7.11. The molecule has 3 heterocycles. The summed E-state index contributed by atoms with van der Waals surface area (Å²) in [5.74, 6) is 1.48. The number of hydrogen-bond donors (Lipinski definition) is 3. The van der Waals surface area contributed by atoms with Crippen molar-refractivity contribution in [1.29, 1.82) is 0 Å². The number of quaternary nitrogens is 1. The second kappa shape index (κ2) is 5.74. The lowest BCUT2D eigenvalue weighted by atomic mass is 9.75. The Morgan fingerprint density at radius 2 is 2.33 bits per heavy atom. The van der Waals surface area contributed by atoms with Crippen molar-refractivity contribution >= 4 is 6.03 Å². The highest BCUT2D eigenvalue weighted by atomic mass is 16.2. The summed E-state index contributed by atoms with van der Waals surface area (Å²) in [4.78, 5) is 13.2. The van der Waals surface area contributed by atoms with Crippen LogP contribution in [0.15, 0.2) is 12.7 Å². The van der Waals surface area contributed by atoms with Gasteiger partial charge >= 0.3 is 6.03 Å². The van der Waals surface area contributed by atoms with Gasteiger partial charge in [0.25, 0.3) is 0 Å². The van der Waals surface area contributed by atoms with Gasteiger partial charge in [-0.15, -0.1) is 6.58 Å². The molecular weight excluding hydrogens is 226 g/mol. The third kappa shape index (κ3) is 3.05. The van der Waals surface area contributed by atoms with E-state index in [0.29, 0.717) is 12.0 Å². The lowest BCUT2D eigenvalue weighted by molar-refractivity contribution is -0.944. The maximum Gasteiger partial charge on any atom is 0.315 e. The summed E-state index contributed by atoms with van der Waals surface area (Å²) in [6.45, 7) is 11.2. The molecule has 3 saturated heterocycles. The molecular formula is C14H26N3O+. The standard InChI is InChI=1S/C14H25N3O/c1-4-11-9-17-6-5-12(11)7-13(17)8-15-14(18)16-10(2)3/h4,10-13H,1,5-9H2,2-3H3,(H2,15,16,18)/p+1/t11-,12-,13+/m0/s1. The summed E-state index contributed by atoms with van der Waals surface area (Å²) >= 11 is 0. The van der Waals surface area contributed by atoms with Crippen LogP contribution in [0.5, 0.6) is 0 Å². The molecule has 0 radical (unpaired) electrons. The molecule has 0 aliphatic carbocycles. The summed E-state index contributed by atoms with van der Waals surface area (Å²) in [5, 5.41) is 5.88. The van der Waals surface area contributed by atoms with E-state index in [4.69, 9.17) is 0 Å². The molecule has 0 saturated carbocycles. The Labute approximate surface area is 110 Å². The van der Waals surface area contributed by atoms with Crippen LogP contribution in [0.25, 0.3) is 0 Å². The first kappa shape index (κ1) is 13.4. The lowest BCUT2D eigenvalue weighted by Gasteiger charge is -2.46. The van der Waals surface area contributed by atoms with Crippen molar-refractivity contribution in [1.82, 2.24) is 10.6 Å². The average molecular weight is 252 g/mol. The van der Waals surface area contributed by atoms with Crippen molar-refractivity contribution in [3.8, 4) is 0 Å². The Morgan fingerprint density at radius 3 is 2.89 bits per heavy atom. The average Bonchev–Trinajstić information content (AvgIpc) is 2.36. The molecule has 102 valence electrons. The summed E-state index contributed by atoms with van der Waals surface area (Å²) in [7, 11) is 0. The van der Waals surface area contributed by atoms with Gasteiger partial charge in [0.1, 0.15) is 6.04 Å². The first-order valence-corrected chi connectivity index (χ1v) is 7.11. The smallest absolute Gasteiger partial charge is 0.315 e. The molecule has 0 aromatic heterocycles. The van der Waals surface area contributed by atoms with Crippen molar-refractivity contribution in [3.05, 3.63) is 12.7 Å². The summed E-state index contributed by atoms with van der Waals surface area (Å²) in [6, 6.07) is 0.760. The maximum atomic E-state index is 11.6. The van der Waals surface area contributed by atoms with Crippen LogP contribution in [0.3, 0.4) is 0 Å². The number of hydrogen-bond acceptors (Lipinski definition) is 1. The molecule has 3 aliphatic rings. The Bertz CT molecular complexity index is 316. The number of rotatable bonds is 4. The minimum atomic E-state index is -0.0349. The summed E-state index contributed by atoms with van der Waals surface area (Å²) in [5.41, 5.74) is 0. The van der Waals surface area contributed by atoms with E-state index in [1.165, 1.54) is 25.9 Å². The first-order chi connectivity index (χ1) is 8.60. The van der Waals surface area contributed by atoms with Gasteiger partial charge in [0, 0.05) is 24.8 Å². The van der Waals surface area contributed by atoms with E-state index in [-0.39, 0.29) is 12.1 Å². The Balaban J connectivity index is 1.78. The third-order valence-electron chi connectivity index (χ3n) is 4.34. The van der Waals surface area contributed by atoms with Gasteiger partial charge in [-0.2, -0.15) is 0 Å². The normalized spacial score (nSPS) is 34.4. The predicted octanol–water partition coefficient (Wildman–Crippen LogP) is 0.173. The summed E-state index contributed by atoms with van der Waals surface area (Å²) in [6.07, 6.45) is 4.67. The molecule has 0 aromatic rings. The van der Waals surface area contributed by atoms with Crippen molar-refractivity contribution in [2.75, 3.05) is 19.6 Å². The SMILES string of the molecule is C=C[C@H]1C[NH+]2CC[C@H]1C[C@@H]2CNC(=O)NC(C)C. The molecule has 1 unspecified atom stereocenters. The molecule has 18 heavy (non-hydrogen) atoms. The number of urea groups is 1. The van der Waals surface area contributed by atoms with Crippen molar-refractivity contribution in [3.63, 3.8) is 0 Å². The largest absolute Gasteiger partial charge is 0.336 e. The van der Waals surface area contributed by atoms with E-state index in [2.05, 4.69) is 23.3 Å².